The van der Waals surface area contributed by atoms with Crippen molar-refractivity contribution >= 4 is 23.1 Å². The first kappa shape index (κ1) is 15.2. The highest BCUT2D eigenvalue weighted by atomic mass is 32.1. The Morgan fingerprint density at radius 1 is 1.35 bits per heavy atom. The minimum absolute atomic E-state index is 0.172. The summed E-state index contributed by atoms with van der Waals surface area (Å²) < 4.78 is 10.1. The highest BCUT2D eigenvalue weighted by Gasteiger charge is 2.31. The molecule has 0 bridgehead atoms. The summed E-state index contributed by atoms with van der Waals surface area (Å²) in [5, 5.41) is 0. The van der Waals surface area contributed by atoms with E-state index in [1.807, 2.05) is 19.1 Å². The molecule has 0 aromatic carbocycles. The zero-order valence-corrected chi connectivity index (χ0v) is 12.7. The monoisotopic (exact) mass is 296 g/mol. The first-order valence-corrected chi connectivity index (χ1v) is 7.74. The summed E-state index contributed by atoms with van der Waals surface area (Å²) in [6.45, 7) is 2.74. The molecule has 1 saturated carbocycles. The van der Waals surface area contributed by atoms with Crippen LogP contribution in [0.5, 0.6) is 0 Å². The average Bonchev–Trinajstić information content (AvgIpc) is 2.84. The smallest absolute Gasteiger partial charge is 0.310 e. The van der Waals surface area contributed by atoms with E-state index in [9.17, 15) is 9.59 Å². The van der Waals surface area contributed by atoms with Crippen LogP contribution in [0.15, 0.2) is 12.1 Å². The molecule has 0 radical (unpaired) electrons. The summed E-state index contributed by atoms with van der Waals surface area (Å²) in [7, 11) is 1.37. The number of esters is 1. The Kier molecular flexibility index (Phi) is 5.31. The van der Waals surface area contributed by atoms with E-state index in [4.69, 9.17) is 4.74 Å². The predicted octanol–water partition coefficient (Wildman–Crippen LogP) is 2.85. The van der Waals surface area contributed by atoms with Crippen LogP contribution in [0.25, 0.3) is 0 Å². The normalized spacial score (nSPS) is 21.3. The highest BCUT2D eigenvalue weighted by Crippen LogP contribution is 2.34. The fourth-order valence-electron chi connectivity index (χ4n) is 2.41. The molecule has 1 aliphatic carbocycles. The lowest BCUT2D eigenvalue weighted by atomic mass is 9.79. The number of methoxy groups -OCH3 is 1. The van der Waals surface area contributed by atoms with E-state index >= 15 is 0 Å². The van der Waals surface area contributed by atoms with Gasteiger partial charge < -0.3 is 9.47 Å². The number of hydrogen-bond acceptors (Lipinski definition) is 5. The maximum atomic E-state index is 12.1. The molecular weight excluding hydrogens is 276 g/mol. The predicted molar refractivity (Wildman–Crippen MR) is 77.1 cm³/mol. The van der Waals surface area contributed by atoms with Crippen molar-refractivity contribution in [1.82, 2.24) is 0 Å². The minimum Gasteiger partial charge on any atom is -0.469 e. The molecule has 20 heavy (non-hydrogen) atoms. The van der Waals surface area contributed by atoms with Crippen LogP contribution in [0.2, 0.25) is 0 Å². The second-order valence-electron chi connectivity index (χ2n) is 5.06. The van der Waals surface area contributed by atoms with Gasteiger partial charge in [0.2, 0.25) is 0 Å². The summed E-state index contributed by atoms with van der Waals surface area (Å²) >= 11 is 1.39. The average molecular weight is 296 g/mol. The van der Waals surface area contributed by atoms with Gasteiger partial charge in [0.25, 0.3) is 0 Å². The van der Waals surface area contributed by atoms with Gasteiger partial charge in [0.1, 0.15) is 0 Å². The Morgan fingerprint density at radius 3 is 2.75 bits per heavy atom. The van der Waals surface area contributed by atoms with Gasteiger partial charge in [-0.1, -0.05) is 0 Å². The number of carbonyl (C=O) groups is 2. The number of ether oxygens (including phenoxy) is 2. The zero-order valence-electron chi connectivity index (χ0n) is 11.9. The van der Waals surface area contributed by atoms with Crippen molar-refractivity contribution in [3.8, 4) is 0 Å². The molecule has 1 aromatic rings. The third kappa shape index (κ3) is 3.90. The van der Waals surface area contributed by atoms with Gasteiger partial charge in [-0.25, -0.2) is 0 Å². The first-order valence-electron chi connectivity index (χ1n) is 6.92. The third-order valence-corrected chi connectivity index (χ3v) is 4.68. The van der Waals surface area contributed by atoms with Crippen LogP contribution in [0.4, 0.5) is 0 Å². The maximum absolute atomic E-state index is 12.1. The van der Waals surface area contributed by atoms with Gasteiger partial charge in [0, 0.05) is 17.9 Å². The molecule has 1 aliphatic rings. The number of Topliss-reactive ketones (excluding diaryl/α,β-unsaturated/α-hetero) is 1. The zero-order chi connectivity index (χ0) is 14.5. The van der Waals surface area contributed by atoms with Crippen LogP contribution < -0.4 is 0 Å². The largest absolute Gasteiger partial charge is 0.469 e. The minimum atomic E-state index is -0.274. The van der Waals surface area contributed by atoms with E-state index in [0.717, 1.165) is 29.2 Å². The number of rotatable bonds is 7. The molecule has 1 aromatic heterocycles. The molecule has 0 unspecified atom stereocenters. The van der Waals surface area contributed by atoms with Crippen molar-refractivity contribution in [3.05, 3.63) is 21.9 Å². The Labute approximate surface area is 123 Å². The first-order chi connectivity index (χ1) is 9.62. The molecule has 5 heteroatoms. The van der Waals surface area contributed by atoms with Crippen LogP contribution in [0.3, 0.4) is 0 Å². The quantitative estimate of drug-likeness (QED) is 0.573. The SMILES string of the molecule is CCOC1CC(CC(=O)c2ccc(CC(=O)OC)s2)C1. The molecule has 0 amide bonds. The lowest BCUT2D eigenvalue weighted by Crippen LogP contribution is -2.32. The summed E-state index contributed by atoms with van der Waals surface area (Å²) in [6, 6.07) is 3.64. The van der Waals surface area contributed by atoms with E-state index in [-0.39, 0.29) is 18.2 Å². The van der Waals surface area contributed by atoms with Gasteiger partial charge in [0.15, 0.2) is 5.78 Å². The molecule has 1 heterocycles. The van der Waals surface area contributed by atoms with Crippen LogP contribution >= 0.6 is 11.3 Å². The number of hydrogen-bond donors (Lipinski definition) is 0. The standard InChI is InChI=1S/C15H20O4S/c1-3-19-11-6-10(7-11)8-13(16)14-5-4-12(20-14)9-15(17)18-2/h4-5,10-11H,3,6-9H2,1-2H3. The lowest BCUT2D eigenvalue weighted by molar-refractivity contribution is -0.139. The van der Waals surface area contributed by atoms with Gasteiger partial charge >= 0.3 is 5.97 Å². The number of thiophene rings is 1. The fourth-order valence-corrected chi connectivity index (χ4v) is 3.35. The van der Waals surface area contributed by atoms with Crippen molar-refractivity contribution in [3.63, 3.8) is 0 Å². The second kappa shape index (κ2) is 6.99. The summed E-state index contributed by atoms with van der Waals surface area (Å²) in [6.07, 6.45) is 3.14. The Hall–Kier alpha value is -1.20. The summed E-state index contributed by atoms with van der Waals surface area (Å²) in [5.41, 5.74) is 0. The molecule has 4 nitrogen and oxygen atoms in total. The number of carbonyl (C=O) groups excluding carboxylic acids is 2. The Morgan fingerprint density at radius 2 is 2.10 bits per heavy atom. The van der Waals surface area contributed by atoms with Crippen molar-refractivity contribution < 1.29 is 19.1 Å². The fraction of sp³-hybridized carbons (Fsp3) is 0.600. The van der Waals surface area contributed by atoms with Gasteiger partial charge in [-0.3, -0.25) is 9.59 Å². The summed E-state index contributed by atoms with van der Waals surface area (Å²) in [5.74, 6) is 0.348. The van der Waals surface area contributed by atoms with E-state index in [1.165, 1.54) is 18.4 Å². The molecule has 2 rings (SSSR count). The number of ketones is 1. The molecule has 0 aliphatic heterocycles. The van der Waals surface area contributed by atoms with Gasteiger partial charge in [-0.15, -0.1) is 11.3 Å². The van der Waals surface area contributed by atoms with E-state index in [2.05, 4.69) is 4.74 Å². The molecule has 0 atom stereocenters. The molecule has 0 N–H and O–H groups in total. The highest BCUT2D eigenvalue weighted by molar-refractivity contribution is 7.14. The Balaban J connectivity index is 1.80. The van der Waals surface area contributed by atoms with Crippen molar-refractivity contribution in [2.75, 3.05) is 13.7 Å². The third-order valence-electron chi connectivity index (χ3n) is 3.55. The van der Waals surface area contributed by atoms with Crippen molar-refractivity contribution in [2.24, 2.45) is 5.92 Å². The van der Waals surface area contributed by atoms with Crippen LogP contribution in [0, 0.1) is 5.92 Å². The van der Waals surface area contributed by atoms with E-state index in [0.29, 0.717) is 18.4 Å². The molecular formula is C15H20O4S. The van der Waals surface area contributed by atoms with Gasteiger partial charge in [-0.2, -0.15) is 0 Å². The lowest BCUT2D eigenvalue weighted by Gasteiger charge is -2.34. The van der Waals surface area contributed by atoms with E-state index in [1.54, 1.807) is 0 Å². The topological polar surface area (TPSA) is 52.6 Å². The molecule has 110 valence electrons. The second-order valence-corrected chi connectivity index (χ2v) is 6.23. The van der Waals surface area contributed by atoms with Gasteiger partial charge in [-0.05, 0) is 37.8 Å². The molecule has 0 spiro atoms. The molecule has 1 fully saturated rings. The van der Waals surface area contributed by atoms with Gasteiger partial charge in [0.05, 0.1) is 24.5 Å². The Bertz CT molecular complexity index is 474. The van der Waals surface area contributed by atoms with Crippen molar-refractivity contribution in [1.29, 1.82) is 0 Å². The molecule has 0 saturated heterocycles. The van der Waals surface area contributed by atoms with E-state index < -0.39 is 0 Å². The van der Waals surface area contributed by atoms with Crippen LogP contribution in [-0.4, -0.2) is 31.6 Å². The van der Waals surface area contributed by atoms with Crippen molar-refractivity contribution in [2.45, 2.75) is 38.7 Å². The summed E-state index contributed by atoms with van der Waals surface area (Å²) in [4.78, 5) is 24.9. The van der Waals surface area contributed by atoms with Crippen LogP contribution in [0.1, 0.15) is 40.7 Å². The maximum Gasteiger partial charge on any atom is 0.310 e. The van der Waals surface area contributed by atoms with Crippen LogP contribution in [-0.2, 0) is 20.7 Å².